The van der Waals surface area contributed by atoms with Crippen LogP contribution in [0.5, 0.6) is 0 Å². The predicted octanol–water partition coefficient (Wildman–Crippen LogP) is 3.14. The molecule has 0 unspecified atom stereocenters. The molecule has 1 aromatic carbocycles. The number of rotatable bonds is 4. The lowest BCUT2D eigenvalue weighted by Gasteiger charge is -2.17. The number of nitrogens with zero attached hydrogens (tertiary/aromatic N) is 1. The minimum Gasteiger partial charge on any atom is -0.325 e. The first-order valence-electron chi connectivity index (χ1n) is 6.37. The number of carbonyl (C=O) groups excluding carboxylic acids is 2. The molecule has 1 aromatic rings. The van der Waals surface area contributed by atoms with Crippen molar-refractivity contribution in [3.8, 4) is 0 Å². The molecule has 9 heteroatoms. The Hall–Kier alpha value is -1.77. The van der Waals surface area contributed by atoms with E-state index in [4.69, 9.17) is 0 Å². The Bertz CT molecular complexity index is 592. The van der Waals surface area contributed by atoms with Gasteiger partial charge in [-0.25, -0.2) is 4.39 Å². The molecular weight excluding hydrogens is 324 g/mol. The van der Waals surface area contributed by atoms with Crippen molar-refractivity contribution in [1.82, 2.24) is 0 Å². The van der Waals surface area contributed by atoms with Gasteiger partial charge in [0.25, 0.3) is 0 Å². The topological polar surface area (TPSA) is 49.4 Å². The molecule has 4 nitrogen and oxygen atoms in total. The zero-order valence-electron chi connectivity index (χ0n) is 11.2. The number of nitrogens with one attached hydrogen (secondary N) is 1. The second kappa shape index (κ2) is 6.55. The van der Waals surface area contributed by atoms with E-state index in [9.17, 15) is 27.2 Å². The predicted molar refractivity (Wildman–Crippen MR) is 75.1 cm³/mol. The highest BCUT2D eigenvalue weighted by atomic mass is 32.2. The molecule has 1 fully saturated rings. The van der Waals surface area contributed by atoms with Crippen molar-refractivity contribution in [2.45, 2.75) is 18.3 Å². The van der Waals surface area contributed by atoms with Crippen molar-refractivity contribution in [3.05, 3.63) is 24.0 Å². The van der Waals surface area contributed by atoms with Crippen molar-refractivity contribution in [1.29, 1.82) is 0 Å². The van der Waals surface area contributed by atoms with Gasteiger partial charge in [0, 0.05) is 18.7 Å². The molecule has 1 saturated heterocycles. The number of thioether (sulfide) groups is 1. The van der Waals surface area contributed by atoms with Gasteiger partial charge in [0.1, 0.15) is 5.82 Å². The molecule has 0 atom stereocenters. The van der Waals surface area contributed by atoms with Crippen LogP contribution in [0.1, 0.15) is 12.8 Å². The summed E-state index contributed by atoms with van der Waals surface area (Å²) in [6, 6.07) is 3.54. The van der Waals surface area contributed by atoms with Crippen LogP contribution in [-0.2, 0) is 9.59 Å². The molecule has 2 amide bonds. The minimum atomic E-state index is -4.49. The second-order valence-electron chi connectivity index (χ2n) is 4.60. The molecular formula is C13H12F4N2O2S. The van der Waals surface area contributed by atoms with Crippen LogP contribution >= 0.6 is 11.8 Å². The van der Waals surface area contributed by atoms with Gasteiger partial charge in [0.15, 0.2) is 0 Å². The number of halogens is 4. The van der Waals surface area contributed by atoms with Crippen molar-refractivity contribution >= 4 is 35.0 Å². The average molecular weight is 336 g/mol. The molecule has 0 aromatic heterocycles. The molecule has 1 aliphatic heterocycles. The summed E-state index contributed by atoms with van der Waals surface area (Å²) >= 11 is -0.457. The summed E-state index contributed by atoms with van der Waals surface area (Å²) in [5.41, 5.74) is -4.33. The van der Waals surface area contributed by atoms with Crippen LogP contribution in [0, 0.1) is 5.82 Å². The van der Waals surface area contributed by atoms with Crippen LogP contribution in [0.15, 0.2) is 18.2 Å². The monoisotopic (exact) mass is 336 g/mol. The van der Waals surface area contributed by atoms with Crippen LogP contribution < -0.4 is 10.2 Å². The Morgan fingerprint density at radius 3 is 2.68 bits per heavy atom. The van der Waals surface area contributed by atoms with E-state index in [-0.39, 0.29) is 17.3 Å². The van der Waals surface area contributed by atoms with Crippen molar-refractivity contribution in [3.63, 3.8) is 0 Å². The van der Waals surface area contributed by atoms with Crippen LogP contribution in [0.4, 0.5) is 28.9 Å². The van der Waals surface area contributed by atoms with E-state index in [2.05, 4.69) is 5.32 Å². The SMILES string of the molecule is O=C(CSC(F)(F)F)Nc1ccc(F)c(N2CCCC2=O)c1. The van der Waals surface area contributed by atoms with Gasteiger partial charge in [-0.05, 0) is 36.4 Å². The van der Waals surface area contributed by atoms with Gasteiger partial charge in [0.2, 0.25) is 11.8 Å². The maximum absolute atomic E-state index is 13.8. The van der Waals surface area contributed by atoms with E-state index in [0.717, 1.165) is 6.07 Å². The fraction of sp³-hybridized carbons (Fsp3) is 0.385. The van der Waals surface area contributed by atoms with Crippen LogP contribution in [-0.4, -0.2) is 29.6 Å². The second-order valence-corrected chi connectivity index (χ2v) is 5.64. The third kappa shape index (κ3) is 4.36. The van der Waals surface area contributed by atoms with E-state index in [0.29, 0.717) is 19.4 Å². The molecule has 0 spiro atoms. The first-order valence-corrected chi connectivity index (χ1v) is 7.35. The van der Waals surface area contributed by atoms with Gasteiger partial charge >= 0.3 is 5.51 Å². The first-order chi connectivity index (χ1) is 10.3. The quantitative estimate of drug-likeness (QED) is 0.860. The fourth-order valence-corrected chi connectivity index (χ4v) is 2.41. The third-order valence-electron chi connectivity index (χ3n) is 2.96. The minimum absolute atomic E-state index is 0.0174. The third-order valence-corrected chi connectivity index (χ3v) is 3.69. The maximum atomic E-state index is 13.8. The molecule has 0 saturated carbocycles. The van der Waals surface area contributed by atoms with Crippen molar-refractivity contribution in [2.24, 2.45) is 0 Å². The zero-order valence-corrected chi connectivity index (χ0v) is 12.1. The Balaban J connectivity index is 2.06. The van der Waals surface area contributed by atoms with E-state index in [1.165, 1.54) is 17.0 Å². The molecule has 0 radical (unpaired) electrons. The zero-order chi connectivity index (χ0) is 16.3. The van der Waals surface area contributed by atoms with Crippen molar-refractivity contribution < 1.29 is 27.2 Å². The lowest BCUT2D eigenvalue weighted by molar-refractivity contribution is -0.117. The molecule has 0 aliphatic carbocycles. The van der Waals surface area contributed by atoms with Gasteiger partial charge < -0.3 is 10.2 Å². The molecule has 0 bridgehead atoms. The standard InChI is InChI=1S/C13H12F4N2O2S/c14-9-4-3-8(18-11(20)7-22-13(15,16)17)6-10(9)19-5-1-2-12(19)21/h3-4,6H,1-2,5,7H2,(H,18,20). The summed E-state index contributed by atoms with van der Waals surface area (Å²) in [6.45, 7) is 0.372. The summed E-state index contributed by atoms with van der Waals surface area (Å²) < 4.78 is 49.8. The number of hydrogen-bond acceptors (Lipinski definition) is 3. The molecule has 1 heterocycles. The lowest BCUT2D eigenvalue weighted by atomic mass is 10.2. The van der Waals surface area contributed by atoms with Gasteiger partial charge in [-0.2, -0.15) is 13.2 Å². The average Bonchev–Trinajstić information content (AvgIpc) is 2.84. The van der Waals surface area contributed by atoms with Gasteiger partial charge in [-0.3, -0.25) is 9.59 Å². The van der Waals surface area contributed by atoms with Gasteiger partial charge in [0.05, 0.1) is 11.4 Å². The first kappa shape index (κ1) is 16.6. The molecule has 22 heavy (non-hydrogen) atoms. The normalized spacial score (nSPS) is 15.3. The van der Waals surface area contributed by atoms with E-state index in [1.54, 1.807) is 0 Å². The number of carbonyl (C=O) groups is 2. The van der Waals surface area contributed by atoms with E-state index < -0.39 is 34.7 Å². The smallest absolute Gasteiger partial charge is 0.325 e. The summed E-state index contributed by atoms with van der Waals surface area (Å²) in [4.78, 5) is 24.3. The van der Waals surface area contributed by atoms with Crippen LogP contribution in [0.2, 0.25) is 0 Å². The highest BCUT2D eigenvalue weighted by molar-refractivity contribution is 8.00. The maximum Gasteiger partial charge on any atom is 0.442 e. The summed E-state index contributed by atoms with van der Waals surface area (Å²) in [6.07, 6.45) is 0.926. The van der Waals surface area contributed by atoms with Crippen LogP contribution in [0.3, 0.4) is 0 Å². The van der Waals surface area contributed by atoms with Crippen LogP contribution in [0.25, 0.3) is 0 Å². The summed E-state index contributed by atoms with van der Waals surface area (Å²) in [5.74, 6) is -2.50. The van der Waals surface area contributed by atoms with E-state index in [1.807, 2.05) is 0 Å². The highest BCUT2D eigenvalue weighted by Crippen LogP contribution is 2.30. The number of amides is 2. The number of benzene rings is 1. The summed E-state index contributed by atoms with van der Waals surface area (Å²) in [5, 5.41) is 2.26. The molecule has 2 rings (SSSR count). The lowest BCUT2D eigenvalue weighted by Crippen LogP contribution is -2.25. The van der Waals surface area contributed by atoms with E-state index >= 15 is 0 Å². The molecule has 1 N–H and O–H groups in total. The molecule has 120 valence electrons. The Kier molecular flexibility index (Phi) is 4.94. The number of alkyl halides is 3. The Morgan fingerprint density at radius 1 is 1.36 bits per heavy atom. The Morgan fingerprint density at radius 2 is 2.09 bits per heavy atom. The fourth-order valence-electron chi connectivity index (χ4n) is 2.04. The molecule has 1 aliphatic rings. The highest BCUT2D eigenvalue weighted by Gasteiger charge is 2.29. The number of anilines is 2. The summed E-state index contributed by atoms with van der Waals surface area (Å²) in [7, 11) is 0. The van der Waals surface area contributed by atoms with Gasteiger partial charge in [-0.15, -0.1) is 0 Å². The van der Waals surface area contributed by atoms with Crippen molar-refractivity contribution in [2.75, 3.05) is 22.5 Å². The number of hydrogen-bond donors (Lipinski definition) is 1. The largest absolute Gasteiger partial charge is 0.442 e. The Labute approximate surface area is 127 Å². The van der Waals surface area contributed by atoms with Gasteiger partial charge in [-0.1, -0.05) is 0 Å².